The Labute approximate surface area is 171 Å². The van der Waals surface area contributed by atoms with E-state index in [-0.39, 0.29) is 29.3 Å². The Morgan fingerprint density at radius 1 is 1.23 bits per heavy atom. The van der Waals surface area contributed by atoms with Crippen molar-refractivity contribution in [2.75, 3.05) is 6.61 Å². The summed E-state index contributed by atoms with van der Waals surface area (Å²) in [5, 5.41) is 10.5. The molecule has 0 fully saturated rings. The molecule has 2 aromatic rings. The van der Waals surface area contributed by atoms with Gasteiger partial charge in [0.15, 0.2) is 5.76 Å². The van der Waals surface area contributed by atoms with Gasteiger partial charge < -0.3 is 14.4 Å². The number of benzene rings is 1. The number of rotatable bonds is 4. The molecule has 1 aliphatic rings. The molecule has 1 aliphatic heterocycles. The van der Waals surface area contributed by atoms with Gasteiger partial charge in [-0.15, -0.1) is 0 Å². The van der Waals surface area contributed by atoms with Crippen molar-refractivity contribution in [2.45, 2.75) is 33.9 Å². The highest BCUT2D eigenvalue weighted by molar-refractivity contribution is 6.22. The fourth-order valence-corrected chi connectivity index (χ4v) is 3.50. The Morgan fingerprint density at radius 3 is 2.53 bits per heavy atom. The fourth-order valence-electron chi connectivity index (χ4n) is 3.50. The summed E-state index contributed by atoms with van der Waals surface area (Å²) in [6, 6.07) is 7.05. The van der Waals surface area contributed by atoms with Crippen LogP contribution in [-0.4, -0.2) is 28.0 Å². The second kappa shape index (κ2) is 7.85. The first kappa shape index (κ1) is 21.4. The molecule has 3 rings (SSSR count). The first-order valence-electron chi connectivity index (χ1n) is 9.29. The number of halogens is 3. The summed E-state index contributed by atoms with van der Waals surface area (Å²) in [5.41, 5.74) is 1.43. The van der Waals surface area contributed by atoms with E-state index in [2.05, 4.69) is 4.99 Å². The van der Waals surface area contributed by atoms with Crippen LogP contribution in [0.3, 0.4) is 0 Å². The topological polar surface area (TPSA) is 63.8 Å². The molecule has 1 N–H and O–H groups in total. The van der Waals surface area contributed by atoms with Gasteiger partial charge in [-0.1, -0.05) is 12.1 Å². The van der Waals surface area contributed by atoms with Crippen LogP contribution in [0.25, 0.3) is 11.8 Å². The maximum Gasteiger partial charge on any atom is 0.418 e. The summed E-state index contributed by atoms with van der Waals surface area (Å²) < 4.78 is 46.9. The highest BCUT2D eigenvalue weighted by atomic mass is 19.4. The third-order valence-corrected chi connectivity index (χ3v) is 4.82. The average molecular weight is 418 g/mol. The predicted octanol–water partition coefficient (Wildman–Crippen LogP) is 5.30. The van der Waals surface area contributed by atoms with Gasteiger partial charge >= 0.3 is 12.1 Å². The number of aliphatic hydroxyl groups is 1. The maximum atomic E-state index is 13.5. The monoisotopic (exact) mass is 418 g/mol. The Hall–Kier alpha value is -3.29. The van der Waals surface area contributed by atoms with Crippen molar-refractivity contribution in [3.05, 3.63) is 69.9 Å². The second-order valence-electron chi connectivity index (χ2n) is 6.85. The smallest absolute Gasteiger partial charge is 0.418 e. The molecule has 0 spiro atoms. The molecule has 2 heterocycles. The van der Waals surface area contributed by atoms with Crippen LogP contribution < -0.4 is 0 Å². The molecule has 158 valence electrons. The Morgan fingerprint density at radius 2 is 1.90 bits per heavy atom. The van der Waals surface area contributed by atoms with E-state index in [0.29, 0.717) is 22.7 Å². The Kier molecular flexibility index (Phi) is 5.61. The number of hydrogen-bond donors (Lipinski definition) is 1. The first-order valence-corrected chi connectivity index (χ1v) is 9.29. The van der Waals surface area contributed by atoms with Crippen molar-refractivity contribution < 1.29 is 27.8 Å². The quantitative estimate of drug-likeness (QED) is 0.685. The second-order valence-corrected chi connectivity index (χ2v) is 6.85. The zero-order valence-corrected chi connectivity index (χ0v) is 17.0. The zero-order valence-electron chi connectivity index (χ0n) is 17.0. The lowest BCUT2D eigenvalue weighted by molar-refractivity contribution is -0.138. The number of alkyl halides is 3. The van der Waals surface area contributed by atoms with Crippen LogP contribution in [0.2, 0.25) is 0 Å². The molecule has 0 saturated carbocycles. The van der Waals surface area contributed by atoms with Crippen LogP contribution in [-0.2, 0) is 15.7 Å². The Bertz CT molecular complexity index is 1110. The van der Waals surface area contributed by atoms with Gasteiger partial charge in [-0.05, 0) is 57.5 Å². The van der Waals surface area contributed by atoms with E-state index in [9.17, 15) is 23.1 Å². The van der Waals surface area contributed by atoms with Gasteiger partial charge in [0.25, 0.3) is 0 Å². The molecular formula is C22H21F3N2O3. The van der Waals surface area contributed by atoms with Crippen LogP contribution >= 0.6 is 0 Å². The van der Waals surface area contributed by atoms with E-state index < -0.39 is 17.7 Å². The number of esters is 1. The number of aliphatic hydroxyl groups excluding tert-OH is 1. The normalized spacial score (nSPS) is 15.7. The summed E-state index contributed by atoms with van der Waals surface area (Å²) in [4.78, 5) is 16.3. The lowest BCUT2D eigenvalue weighted by Crippen LogP contribution is -2.13. The molecule has 0 bridgehead atoms. The van der Waals surface area contributed by atoms with Gasteiger partial charge in [0.05, 0.1) is 23.6 Å². The van der Waals surface area contributed by atoms with Crippen molar-refractivity contribution in [2.24, 2.45) is 4.99 Å². The zero-order chi connectivity index (χ0) is 22.2. The van der Waals surface area contributed by atoms with E-state index in [1.807, 2.05) is 0 Å². The van der Waals surface area contributed by atoms with Crippen LogP contribution in [0.5, 0.6) is 0 Å². The van der Waals surface area contributed by atoms with E-state index in [4.69, 9.17) is 4.74 Å². The summed E-state index contributed by atoms with van der Waals surface area (Å²) in [6.45, 7) is 6.77. The molecule has 1 aromatic heterocycles. The highest BCUT2D eigenvalue weighted by Crippen LogP contribution is 2.36. The molecule has 8 heteroatoms. The molecule has 0 radical (unpaired) electrons. The highest BCUT2D eigenvalue weighted by Gasteiger charge is 2.34. The van der Waals surface area contributed by atoms with E-state index in [1.165, 1.54) is 16.7 Å². The number of nitrogens with zero attached hydrogens (tertiary/aromatic N) is 2. The SMILES string of the molecule is CCOC(=O)C1=C(O)/C(=C/c2cc(C)n(-c3ccccc3C(F)(F)F)c2C)N=C1C. The van der Waals surface area contributed by atoms with Gasteiger partial charge in [-0.25, -0.2) is 9.79 Å². The number of ether oxygens (including phenoxy) is 1. The maximum absolute atomic E-state index is 13.5. The third-order valence-electron chi connectivity index (χ3n) is 4.82. The molecular weight excluding hydrogens is 397 g/mol. The molecule has 0 amide bonds. The van der Waals surface area contributed by atoms with Gasteiger partial charge in [0, 0.05) is 11.4 Å². The number of hydrogen-bond acceptors (Lipinski definition) is 4. The van der Waals surface area contributed by atoms with Gasteiger partial charge in [0.2, 0.25) is 0 Å². The Balaban J connectivity index is 2.10. The van der Waals surface area contributed by atoms with Crippen molar-refractivity contribution in [3.63, 3.8) is 0 Å². The number of aromatic nitrogens is 1. The van der Waals surface area contributed by atoms with Gasteiger partial charge in [0.1, 0.15) is 11.3 Å². The fraction of sp³-hybridized carbons (Fsp3) is 0.273. The number of aliphatic imine (C=N–C) groups is 1. The van der Waals surface area contributed by atoms with E-state index >= 15 is 0 Å². The van der Waals surface area contributed by atoms with E-state index in [0.717, 1.165) is 6.07 Å². The van der Waals surface area contributed by atoms with Crippen LogP contribution in [0.4, 0.5) is 13.2 Å². The van der Waals surface area contributed by atoms with E-state index in [1.54, 1.807) is 45.9 Å². The minimum absolute atomic E-state index is 0.0145. The average Bonchev–Trinajstić information content (AvgIpc) is 3.09. The summed E-state index contributed by atoms with van der Waals surface area (Å²) in [7, 11) is 0. The standard InChI is InChI=1S/C22H21F3N2O3/c1-5-30-21(29)19-13(3)26-17(20(19)28)11-15-10-12(2)27(14(15)4)18-9-7-6-8-16(18)22(23,24)25/h6-11,28H,5H2,1-4H3/b17-11-. The van der Waals surface area contributed by atoms with Crippen molar-refractivity contribution in [1.29, 1.82) is 0 Å². The van der Waals surface area contributed by atoms with Crippen LogP contribution in [0.15, 0.2) is 52.4 Å². The minimum atomic E-state index is -4.50. The molecule has 5 nitrogen and oxygen atoms in total. The van der Waals surface area contributed by atoms with Crippen molar-refractivity contribution in [3.8, 4) is 5.69 Å². The molecule has 1 aromatic carbocycles. The third kappa shape index (κ3) is 3.77. The summed E-state index contributed by atoms with van der Waals surface area (Å²) in [6.07, 6.45) is -2.96. The lowest BCUT2D eigenvalue weighted by Gasteiger charge is -2.16. The predicted molar refractivity (Wildman–Crippen MR) is 108 cm³/mol. The minimum Gasteiger partial charge on any atom is -0.505 e. The molecule has 0 saturated heterocycles. The molecule has 30 heavy (non-hydrogen) atoms. The number of carbonyl (C=O) groups is 1. The van der Waals surface area contributed by atoms with Crippen molar-refractivity contribution >= 4 is 17.8 Å². The molecule has 0 aliphatic carbocycles. The molecule has 0 atom stereocenters. The number of aryl methyl sites for hydroxylation is 1. The number of carbonyl (C=O) groups excluding carboxylic acids is 1. The van der Waals surface area contributed by atoms with Crippen LogP contribution in [0.1, 0.15) is 36.4 Å². The van der Waals surface area contributed by atoms with Gasteiger partial charge in [-0.3, -0.25) is 0 Å². The summed E-state index contributed by atoms with van der Waals surface area (Å²) >= 11 is 0. The lowest BCUT2D eigenvalue weighted by atomic mass is 10.1. The van der Waals surface area contributed by atoms with Crippen LogP contribution in [0, 0.1) is 13.8 Å². The number of para-hydroxylation sites is 1. The first-order chi connectivity index (χ1) is 14.1. The van der Waals surface area contributed by atoms with Gasteiger partial charge in [-0.2, -0.15) is 13.2 Å². The largest absolute Gasteiger partial charge is 0.505 e. The van der Waals surface area contributed by atoms with Crippen molar-refractivity contribution in [1.82, 2.24) is 4.57 Å². The summed E-state index contributed by atoms with van der Waals surface area (Å²) in [5.74, 6) is -0.990. The molecule has 0 unspecified atom stereocenters.